The summed E-state index contributed by atoms with van der Waals surface area (Å²) in [5.41, 5.74) is 3.46. The van der Waals surface area contributed by atoms with E-state index in [-0.39, 0.29) is 30.8 Å². The van der Waals surface area contributed by atoms with E-state index in [1.165, 1.54) is 10.6 Å². The van der Waals surface area contributed by atoms with Crippen molar-refractivity contribution in [3.05, 3.63) is 65.2 Å². The molecular formula is C27H39N3O4S. The second-order valence-electron chi connectivity index (χ2n) is 9.25. The molecule has 0 saturated carbocycles. The van der Waals surface area contributed by atoms with Crippen LogP contribution in [0.3, 0.4) is 0 Å². The lowest BCUT2D eigenvalue weighted by atomic mass is 10.1. The molecule has 1 N–H and O–H groups in total. The molecular weight excluding hydrogens is 462 g/mol. The number of hydrogen-bond acceptors (Lipinski definition) is 4. The summed E-state index contributed by atoms with van der Waals surface area (Å²) >= 11 is 0. The highest BCUT2D eigenvalue weighted by atomic mass is 32.2. The fourth-order valence-electron chi connectivity index (χ4n) is 4.07. The average molecular weight is 502 g/mol. The van der Waals surface area contributed by atoms with E-state index in [2.05, 4.69) is 5.32 Å². The first-order chi connectivity index (χ1) is 16.5. The molecule has 0 aliphatic rings. The molecule has 2 aromatic rings. The second kappa shape index (κ2) is 12.7. The lowest BCUT2D eigenvalue weighted by Crippen LogP contribution is -2.50. The molecule has 7 nitrogen and oxygen atoms in total. The summed E-state index contributed by atoms with van der Waals surface area (Å²) in [4.78, 5) is 27.9. The molecule has 0 aliphatic heterocycles. The van der Waals surface area contributed by atoms with E-state index in [1.54, 1.807) is 11.0 Å². The van der Waals surface area contributed by atoms with Gasteiger partial charge in [0.25, 0.3) is 0 Å². The van der Waals surface area contributed by atoms with Crippen LogP contribution in [0.15, 0.2) is 48.5 Å². The molecule has 1 unspecified atom stereocenters. The lowest BCUT2D eigenvalue weighted by molar-refractivity contribution is -0.141. The van der Waals surface area contributed by atoms with Gasteiger partial charge in [0.2, 0.25) is 21.8 Å². The molecule has 0 aromatic heterocycles. The number of nitrogens with one attached hydrogen (secondary N) is 1. The predicted molar refractivity (Wildman–Crippen MR) is 142 cm³/mol. The minimum Gasteiger partial charge on any atom is -0.352 e. The maximum Gasteiger partial charge on any atom is 0.243 e. The van der Waals surface area contributed by atoms with Crippen LogP contribution in [0, 0.1) is 13.8 Å². The van der Waals surface area contributed by atoms with Gasteiger partial charge in [-0.1, -0.05) is 49.4 Å². The van der Waals surface area contributed by atoms with Gasteiger partial charge in [0, 0.05) is 25.6 Å². The molecule has 8 heteroatoms. The van der Waals surface area contributed by atoms with Gasteiger partial charge in [0.15, 0.2) is 0 Å². The Morgan fingerprint density at radius 3 is 2.23 bits per heavy atom. The van der Waals surface area contributed by atoms with Gasteiger partial charge < -0.3 is 10.2 Å². The average Bonchev–Trinajstić information content (AvgIpc) is 2.78. The number of nitrogens with zero attached hydrogens (tertiary/aromatic N) is 2. The minimum atomic E-state index is -3.53. The Labute approximate surface area is 210 Å². The summed E-state index contributed by atoms with van der Waals surface area (Å²) in [5, 5.41) is 2.92. The van der Waals surface area contributed by atoms with Crippen LogP contribution in [0.5, 0.6) is 0 Å². The van der Waals surface area contributed by atoms with Crippen LogP contribution in [0.4, 0.5) is 5.69 Å². The van der Waals surface area contributed by atoms with Crippen LogP contribution >= 0.6 is 0 Å². The fourth-order valence-corrected chi connectivity index (χ4v) is 5.08. The summed E-state index contributed by atoms with van der Waals surface area (Å²) in [6.07, 6.45) is 2.14. The number of carbonyl (C=O) groups is 2. The van der Waals surface area contributed by atoms with Crippen LogP contribution in [0.2, 0.25) is 0 Å². The Hall–Kier alpha value is -2.87. The molecule has 0 aliphatic carbocycles. The van der Waals surface area contributed by atoms with Crippen LogP contribution in [-0.2, 0) is 26.2 Å². The zero-order valence-electron chi connectivity index (χ0n) is 21.7. The quantitative estimate of drug-likeness (QED) is 0.473. The highest BCUT2D eigenvalue weighted by Gasteiger charge is 2.29. The van der Waals surface area contributed by atoms with Crippen molar-refractivity contribution in [3.63, 3.8) is 0 Å². The molecule has 2 rings (SSSR count). The van der Waals surface area contributed by atoms with Crippen molar-refractivity contribution >= 4 is 27.5 Å². The molecule has 35 heavy (non-hydrogen) atoms. The molecule has 1 atom stereocenters. The Bertz CT molecular complexity index is 1100. The Balaban J connectivity index is 2.22. The van der Waals surface area contributed by atoms with Crippen molar-refractivity contribution in [3.8, 4) is 0 Å². The van der Waals surface area contributed by atoms with E-state index in [4.69, 9.17) is 0 Å². The summed E-state index contributed by atoms with van der Waals surface area (Å²) < 4.78 is 26.5. The van der Waals surface area contributed by atoms with E-state index in [0.717, 1.165) is 16.7 Å². The predicted octanol–water partition coefficient (Wildman–Crippen LogP) is 4.18. The minimum absolute atomic E-state index is 0.0360. The van der Waals surface area contributed by atoms with Crippen molar-refractivity contribution < 1.29 is 18.0 Å². The van der Waals surface area contributed by atoms with Gasteiger partial charge in [0.05, 0.1) is 11.9 Å². The first-order valence-electron chi connectivity index (χ1n) is 12.1. The number of anilines is 1. The van der Waals surface area contributed by atoms with Gasteiger partial charge >= 0.3 is 0 Å². The molecule has 2 aromatic carbocycles. The van der Waals surface area contributed by atoms with Gasteiger partial charge in [-0.25, -0.2) is 8.42 Å². The largest absolute Gasteiger partial charge is 0.352 e. The fraction of sp³-hybridized carbons (Fsp3) is 0.481. The number of carbonyl (C=O) groups excluding carboxylic acids is 2. The normalized spacial score (nSPS) is 12.3. The van der Waals surface area contributed by atoms with E-state index < -0.39 is 16.1 Å². The Kier molecular flexibility index (Phi) is 10.3. The zero-order valence-corrected chi connectivity index (χ0v) is 22.6. The van der Waals surface area contributed by atoms with Crippen LogP contribution in [0.25, 0.3) is 0 Å². The van der Waals surface area contributed by atoms with E-state index >= 15 is 0 Å². The maximum atomic E-state index is 13.4. The topological polar surface area (TPSA) is 86.8 Å². The van der Waals surface area contributed by atoms with Crippen molar-refractivity contribution in [1.82, 2.24) is 10.2 Å². The lowest BCUT2D eigenvalue weighted by Gasteiger charge is -2.31. The molecule has 2 amide bonds. The molecule has 0 bridgehead atoms. The van der Waals surface area contributed by atoms with Gasteiger partial charge in [-0.2, -0.15) is 0 Å². The Morgan fingerprint density at radius 2 is 1.66 bits per heavy atom. The standard InChI is InChI=1S/C27H39N3O4S/c1-7-24(27(32)28-20(2)3)29(19-23-14-9-8-10-15-23)26(31)17-12-18-30(35(6,33)34)25-16-11-13-21(4)22(25)5/h8-11,13-16,20,24H,7,12,17-19H2,1-6H3,(H,28,32). The van der Waals surface area contributed by atoms with Gasteiger partial charge in [0.1, 0.15) is 6.04 Å². The third-order valence-electron chi connectivity index (χ3n) is 6.01. The molecule has 0 saturated heterocycles. The summed E-state index contributed by atoms with van der Waals surface area (Å²) in [5.74, 6) is -0.353. The smallest absolute Gasteiger partial charge is 0.243 e. The monoisotopic (exact) mass is 501 g/mol. The Morgan fingerprint density at radius 1 is 1.00 bits per heavy atom. The second-order valence-corrected chi connectivity index (χ2v) is 11.2. The number of rotatable bonds is 12. The number of hydrogen-bond donors (Lipinski definition) is 1. The number of amides is 2. The number of benzene rings is 2. The SMILES string of the molecule is CCC(C(=O)NC(C)C)N(Cc1ccccc1)C(=O)CCCN(c1cccc(C)c1C)S(C)(=O)=O. The van der Waals surface area contributed by atoms with Crippen molar-refractivity contribution in [2.75, 3.05) is 17.1 Å². The third kappa shape index (κ3) is 8.09. The summed E-state index contributed by atoms with van der Waals surface area (Å²) in [7, 11) is -3.53. The highest BCUT2D eigenvalue weighted by Crippen LogP contribution is 2.25. The van der Waals surface area contributed by atoms with Crippen molar-refractivity contribution in [2.24, 2.45) is 0 Å². The van der Waals surface area contributed by atoms with Crippen LogP contribution in [-0.4, -0.2) is 50.0 Å². The molecule has 0 radical (unpaired) electrons. The summed E-state index contributed by atoms with van der Waals surface area (Å²) in [6, 6.07) is 14.5. The number of sulfonamides is 1. The summed E-state index contributed by atoms with van der Waals surface area (Å²) in [6.45, 7) is 10.0. The maximum absolute atomic E-state index is 13.4. The zero-order chi connectivity index (χ0) is 26.2. The van der Waals surface area contributed by atoms with Crippen molar-refractivity contribution in [1.29, 1.82) is 0 Å². The van der Waals surface area contributed by atoms with Crippen LogP contribution < -0.4 is 9.62 Å². The first kappa shape index (κ1) is 28.4. The first-order valence-corrected chi connectivity index (χ1v) is 14.0. The van der Waals surface area contributed by atoms with Gasteiger partial charge in [-0.05, 0) is 63.3 Å². The molecule has 0 heterocycles. The van der Waals surface area contributed by atoms with E-state index in [0.29, 0.717) is 25.1 Å². The van der Waals surface area contributed by atoms with Gasteiger partial charge in [-0.3, -0.25) is 13.9 Å². The van der Waals surface area contributed by atoms with Crippen LogP contribution in [0.1, 0.15) is 56.7 Å². The van der Waals surface area contributed by atoms with Crippen molar-refractivity contribution in [2.45, 2.75) is 72.5 Å². The van der Waals surface area contributed by atoms with E-state index in [1.807, 2.05) is 77.1 Å². The molecule has 0 fully saturated rings. The molecule has 0 spiro atoms. The van der Waals surface area contributed by atoms with E-state index in [9.17, 15) is 18.0 Å². The highest BCUT2D eigenvalue weighted by molar-refractivity contribution is 7.92. The molecule has 192 valence electrons. The third-order valence-corrected chi connectivity index (χ3v) is 7.19. The number of aryl methyl sites for hydroxylation is 1. The van der Waals surface area contributed by atoms with Gasteiger partial charge in [-0.15, -0.1) is 0 Å².